The number of benzene rings is 1. The number of alkyl carbamates (subject to hydrolysis) is 1. The molecule has 0 heterocycles. The Morgan fingerprint density at radius 2 is 1.41 bits per heavy atom. The molecule has 1 aromatic rings. The Kier molecular flexibility index (Phi) is 16.5. The van der Waals surface area contributed by atoms with E-state index in [0.29, 0.717) is 18.8 Å². The van der Waals surface area contributed by atoms with Gasteiger partial charge in [0.25, 0.3) is 5.91 Å². The molecule has 10 nitrogen and oxygen atoms in total. The van der Waals surface area contributed by atoms with Gasteiger partial charge in [-0.1, -0.05) is 5.16 Å². The van der Waals surface area contributed by atoms with Gasteiger partial charge in [0.1, 0.15) is 17.1 Å². The summed E-state index contributed by atoms with van der Waals surface area (Å²) in [6, 6.07) is 3.65. The third-order valence-electron chi connectivity index (χ3n) is 4.99. The fourth-order valence-corrected chi connectivity index (χ4v) is 4.85. The Bertz CT molecular complexity index is 855. The van der Waals surface area contributed by atoms with Crippen molar-refractivity contribution in [1.82, 2.24) is 21.3 Å². The van der Waals surface area contributed by atoms with Crippen molar-refractivity contribution in [3.8, 4) is 5.75 Å². The third kappa shape index (κ3) is 15.2. The monoisotopic (exact) mass is 649 g/mol. The summed E-state index contributed by atoms with van der Waals surface area (Å²) < 4.78 is 12.0. The predicted molar refractivity (Wildman–Crippen MR) is 153 cm³/mol. The van der Waals surface area contributed by atoms with Gasteiger partial charge in [0.05, 0.1) is 16.1 Å². The van der Waals surface area contributed by atoms with E-state index in [4.69, 9.17) is 9.47 Å². The van der Waals surface area contributed by atoms with Crippen molar-refractivity contribution in [1.29, 1.82) is 0 Å². The van der Waals surface area contributed by atoms with Gasteiger partial charge in [0, 0.05) is 19.5 Å². The van der Waals surface area contributed by atoms with E-state index in [1.165, 1.54) is 0 Å². The molecule has 0 radical (unpaired) electrons. The van der Waals surface area contributed by atoms with Crippen LogP contribution in [0.15, 0.2) is 26.2 Å². The number of oxime groups is 1. The van der Waals surface area contributed by atoms with Crippen molar-refractivity contribution >= 4 is 49.6 Å². The highest BCUT2D eigenvalue weighted by atomic mass is 79.9. The van der Waals surface area contributed by atoms with Crippen LogP contribution in [0.3, 0.4) is 0 Å². The molecule has 0 unspecified atom stereocenters. The molecule has 0 saturated carbocycles. The number of amides is 2. The van der Waals surface area contributed by atoms with Crippen LogP contribution in [0.25, 0.3) is 0 Å². The van der Waals surface area contributed by atoms with Crippen LogP contribution in [0, 0.1) is 0 Å². The second-order valence-corrected chi connectivity index (χ2v) is 11.1. The highest BCUT2D eigenvalue weighted by molar-refractivity contribution is 9.11. The number of ether oxygens (including phenoxy) is 2. The lowest BCUT2D eigenvalue weighted by molar-refractivity contribution is -0.115. The number of unbranched alkanes of at least 4 members (excludes halogenated alkanes) is 1. The fraction of sp³-hybridized carbons (Fsp3) is 0.640. The molecule has 0 aliphatic rings. The van der Waals surface area contributed by atoms with Crippen molar-refractivity contribution < 1.29 is 24.3 Å². The summed E-state index contributed by atoms with van der Waals surface area (Å²) in [5.41, 5.74) is 0.373. The lowest BCUT2D eigenvalue weighted by Crippen LogP contribution is -2.34. The molecule has 0 fully saturated rings. The highest BCUT2D eigenvalue weighted by Gasteiger charge is 2.16. The number of nitrogens with one attached hydrogen (secondary N) is 4. The molecular formula is C25H41Br2N5O5. The summed E-state index contributed by atoms with van der Waals surface area (Å²) >= 11 is 6.86. The quantitative estimate of drug-likeness (QED) is 0.0746. The number of methoxy groups -OCH3 is 1. The number of hydrogen-bond acceptors (Lipinski definition) is 8. The molecule has 1 aromatic carbocycles. The SMILES string of the molecule is COc1c(Br)cc(C/C(=N\O)C(=O)NCCCNCCCCNCCCNC(=O)OC(C)(C)C)cc1Br. The second-order valence-electron chi connectivity index (χ2n) is 9.41. The molecule has 0 aliphatic carbocycles. The van der Waals surface area contributed by atoms with Gasteiger partial charge >= 0.3 is 6.09 Å². The first-order chi connectivity index (χ1) is 17.6. The van der Waals surface area contributed by atoms with E-state index in [1.807, 2.05) is 32.9 Å². The lowest BCUT2D eigenvalue weighted by atomic mass is 10.1. The van der Waals surface area contributed by atoms with Crippen LogP contribution < -0.4 is 26.0 Å². The van der Waals surface area contributed by atoms with Crippen LogP contribution in [0.2, 0.25) is 0 Å². The Labute approximate surface area is 236 Å². The first-order valence-electron chi connectivity index (χ1n) is 12.5. The van der Waals surface area contributed by atoms with Gasteiger partial charge in [0.2, 0.25) is 0 Å². The summed E-state index contributed by atoms with van der Waals surface area (Å²) in [6.07, 6.45) is 3.53. The van der Waals surface area contributed by atoms with E-state index >= 15 is 0 Å². The summed E-state index contributed by atoms with van der Waals surface area (Å²) in [6.45, 7) is 10.1. The fourth-order valence-electron chi connectivity index (χ4n) is 3.25. The minimum atomic E-state index is -0.475. The highest BCUT2D eigenvalue weighted by Crippen LogP contribution is 2.34. The van der Waals surface area contributed by atoms with E-state index in [1.54, 1.807) is 7.11 Å². The van der Waals surface area contributed by atoms with Crippen LogP contribution in [0.5, 0.6) is 5.75 Å². The molecular weight excluding hydrogens is 610 g/mol. The smallest absolute Gasteiger partial charge is 0.407 e. The van der Waals surface area contributed by atoms with Gasteiger partial charge in [-0.15, -0.1) is 0 Å². The minimum Gasteiger partial charge on any atom is -0.494 e. The number of carbonyl (C=O) groups excluding carboxylic acids is 2. The van der Waals surface area contributed by atoms with E-state index in [0.717, 1.165) is 66.4 Å². The number of nitrogens with zero attached hydrogens (tertiary/aromatic N) is 1. The van der Waals surface area contributed by atoms with E-state index in [9.17, 15) is 14.8 Å². The molecule has 0 spiro atoms. The molecule has 37 heavy (non-hydrogen) atoms. The molecule has 0 bridgehead atoms. The number of halogens is 2. The van der Waals surface area contributed by atoms with Gasteiger partial charge in [-0.2, -0.15) is 0 Å². The van der Waals surface area contributed by atoms with Crippen molar-refractivity contribution in [3.05, 3.63) is 26.6 Å². The summed E-state index contributed by atoms with van der Waals surface area (Å²) in [5, 5.41) is 24.8. The van der Waals surface area contributed by atoms with Crippen LogP contribution in [-0.2, 0) is 16.0 Å². The summed E-state index contributed by atoms with van der Waals surface area (Å²) in [7, 11) is 1.57. The van der Waals surface area contributed by atoms with Gasteiger partial charge in [-0.3, -0.25) is 4.79 Å². The maximum absolute atomic E-state index is 12.4. The number of rotatable bonds is 17. The van der Waals surface area contributed by atoms with E-state index < -0.39 is 11.5 Å². The predicted octanol–water partition coefficient (Wildman–Crippen LogP) is 3.97. The van der Waals surface area contributed by atoms with Crippen LogP contribution in [0.1, 0.15) is 52.0 Å². The molecule has 0 aromatic heterocycles. The second kappa shape index (κ2) is 18.4. The molecule has 210 valence electrons. The Balaban J connectivity index is 2.05. The Morgan fingerprint density at radius 1 is 0.892 bits per heavy atom. The van der Waals surface area contributed by atoms with Crippen LogP contribution in [-0.4, -0.2) is 74.9 Å². The van der Waals surface area contributed by atoms with Crippen LogP contribution >= 0.6 is 31.9 Å². The number of hydrogen-bond donors (Lipinski definition) is 5. The maximum atomic E-state index is 12.4. The van der Waals surface area contributed by atoms with Crippen molar-refractivity contribution in [3.63, 3.8) is 0 Å². The van der Waals surface area contributed by atoms with Crippen molar-refractivity contribution in [2.24, 2.45) is 5.16 Å². The molecule has 12 heteroatoms. The van der Waals surface area contributed by atoms with Gasteiger partial charge in [-0.25, -0.2) is 4.79 Å². The standard InChI is InChI=1S/C25H41Br2N5O5/c1-25(2,3)37-24(34)31-14-8-12-29-10-6-5-9-28-11-7-13-30-23(33)21(32-35)17-18-15-19(26)22(36-4)20(27)16-18/h15-16,28-29,35H,5-14,17H2,1-4H3,(H,30,33)(H,31,34)/b32-21+. The Hall–Kier alpha value is -1.89. The average molecular weight is 651 g/mol. The maximum Gasteiger partial charge on any atom is 0.407 e. The minimum absolute atomic E-state index is 0.0463. The summed E-state index contributed by atoms with van der Waals surface area (Å²) in [4.78, 5) is 23.9. The third-order valence-corrected chi connectivity index (χ3v) is 6.17. The topological polar surface area (TPSA) is 133 Å². The average Bonchev–Trinajstić information content (AvgIpc) is 2.81. The molecule has 2 amide bonds. The van der Waals surface area contributed by atoms with Gasteiger partial charge in [-0.05, 0) is 122 Å². The molecule has 5 N–H and O–H groups in total. The molecule has 0 aliphatic heterocycles. The zero-order chi connectivity index (χ0) is 27.7. The normalized spacial score (nSPS) is 11.8. The molecule has 0 atom stereocenters. The van der Waals surface area contributed by atoms with Gasteiger partial charge < -0.3 is 35.9 Å². The lowest BCUT2D eigenvalue weighted by Gasteiger charge is -2.19. The first-order valence-corrected chi connectivity index (χ1v) is 14.0. The Morgan fingerprint density at radius 3 is 1.89 bits per heavy atom. The van der Waals surface area contributed by atoms with E-state index in [-0.39, 0.29) is 18.2 Å². The zero-order valence-corrected chi connectivity index (χ0v) is 25.4. The zero-order valence-electron chi connectivity index (χ0n) is 22.2. The first kappa shape index (κ1) is 33.1. The summed E-state index contributed by atoms with van der Waals surface area (Å²) in [5.74, 6) is 0.266. The van der Waals surface area contributed by atoms with Crippen molar-refractivity contribution in [2.45, 2.75) is 58.5 Å². The van der Waals surface area contributed by atoms with Crippen molar-refractivity contribution in [2.75, 3.05) is 46.4 Å². The number of carbonyl (C=O) groups is 2. The van der Waals surface area contributed by atoms with E-state index in [2.05, 4.69) is 58.3 Å². The van der Waals surface area contributed by atoms with Gasteiger partial charge in [0.15, 0.2) is 0 Å². The molecule has 1 rings (SSSR count). The van der Waals surface area contributed by atoms with Crippen LogP contribution in [0.4, 0.5) is 4.79 Å². The molecule has 0 saturated heterocycles. The largest absolute Gasteiger partial charge is 0.494 e.